The monoisotopic (exact) mass is 453 g/mol. The number of nitrogens with one attached hydrogen (secondary N) is 1. The van der Waals surface area contributed by atoms with Gasteiger partial charge in [-0.2, -0.15) is 0 Å². The fraction of sp³-hybridized carbons (Fsp3) is 0.429. The van der Waals surface area contributed by atoms with Crippen LogP contribution in [0.4, 0.5) is 4.39 Å². The number of benzene rings is 1. The van der Waals surface area contributed by atoms with Gasteiger partial charge in [0.05, 0.1) is 16.5 Å². The zero-order valence-corrected chi connectivity index (χ0v) is 18.3. The normalized spacial score (nSPS) is 15.8. The molecule has 1 heterocycles. The van der Waals surface area contributed by atoms with Crippen LogP contribution < -0.4 is 4.72 Å². The maximum absolute atomic E-state index is 13.7. The van der Waals surface area contributed by atoms with E-state index in [4.69, 9.17) is 4.74 Å². The summed E-state index contributed by atoms with van der Waals surface area (Å²) in [5.74, 6) is -1.21. The molecule has 1 aliphatic carbocycles. The van der Waals surface area contributed by atoms with Crippen LogP contribution in [0.25, 0.3) is 0 Å². The van der Waals surface area contributed by atoms with Crippen molar-refractivity contribution in [1.29, 1.82) is 0 Å². The molecule has 1 aliphatic rings. The minimum Gasteiger partial charge on any atom is -0.457 e. The molecule has 0 bridgehead atoms. The smallest absolute Gasteiger partial charge is 0.317 e. The lowest BCUT2D eigenvalue weighted by molar-refractivity contribution is -0.149. The second kappa shape index (κ2) is 9.36. The van der Waals surface area contributed by atoms with Crippen molar-refractivity contribution in [3.63, 3.8) is 0 Å². The average Bonchev–Trinajstić information content (AvgIpc) is 3.35. The van der Waals surface area contributed by atoms with Crippen molar-refractivity contribution in [3.8, 4) is 0 Å². The largest absolute Gasteiger partial charge is 0.457 e. The number of Topliss-reactive ketones (excluding diaryl/α,β-unsaturated/α-hetero) is 1. The fourth-order valence-electron chi connectivity index (χ4n) is 3.74. The van der Waals surface area contributed by atoms with Crippen LogP contribution in [0.2, 0.25) is 0 Å². The highest BCUT2D eigenvalue weighted by molar-refractivity contribution is 7.88. The summed E-state index contributed by atoms with van der Waals surface area (Å²) < 4.78 is 43.7. The van der Waals surface area contributed by atoms with Crippen molar-refractivity contribution >= 4 is 33.1 Å². The molecule has 0 saturated heterocycles. The Bertz CT molecular complexity index is 1030. The lowest BCUT2D eigenvalue weighted by Gasteiger charge is -2.27. The maximum Gasteiger partial charge on any atom is 0.317 e. The molecule has 0 unspecified atom stereocenters. The molecule has 2 aromatic rings. The van der Waals surface area contributed by atoms with E-state index in [0.717, 1.165) is 24.0 Å². The summed E-state index contributed by atoms with van der Waals surface area (Å²) in [6.45, 7) is -0.129. The molecule has 0 radical (unpaired) electrons. The summed E-state index contributed by atoms with van der Waals surface area (Å²) >= 11 is 1.25. The molecular weight excluding hydrogens is 429 g/mol. The van der Waals surface area contributed by atoms with E-state index in [9.17, 15) is 22.4 Å². The van der Waals surface area contributed by atoms with Crippen molar-refractivity contribution in [2.24, 2.45) is 0 Å². The number of sulfonamides is 1. The second-order valence-electron chi connectivity index (χ2n) is 7.48. The highest BCUT2D eigenvalue weighted by Crippen LogP contribution is 2.42. The van der Waals surface area contributed by atoms with E-state index in [2.05, 4.69) is 4.72 Å². The van der Waals surface area contributed by atoms with E-state index in [1.165, 1.54) is 23.5 Å². The molecule has 162 valence electrons. The molecule has 1 fully saturated rings. The molecule has 1 aromatic carbocycles. The van der Waals surface area contributed by atoms with Crippen molar-refractivity contribution < 1.29 is 27.1 Å². The van der Waals surface area contributed by atoms with Crippen molar-refractivity contribution in [2.75, 3.05) is 19.4 Å². The van der Waals surface area contributed by atoms with E-state index in [1.54, 1.807) is 24.3 Å². The molecule has 3 rings (SSSR count). The molecule has 1 saturated carbocycles. The number of carbonyl (C=O) groups excluding carboxylic acids is 2. The average molecular weight is 454 g/mol. The van der Waals surface area contributed by atoms with Crippen LogP contribution >= 0.6 is 11.3 Å². The Morgan fingerprint density at radius 2 is 1.93 bits per heavy atom. The van der Waals surface area contributed by atoms with E-state index in [-0.39, 0.29) is 18.9 Å². The maximum atomic E-state index is 13.7. The van der Waals surface area contributed by atoms with Crippen LogP contribution in [-0.4, -0.2) is 39.6 Å². The van der Waals surface area contributed by atoms with E-state index in [1.807, 2.05) is 0 Å². The van der Waals surface area contributed by atoms with E-state index >= 15 is 0 Å². The summed E-state index contributed by atoms with van der Waals surface area (Å²) in [6.07, 6.45) is 4.38. The number of thiophene rings is 1. The minimum atomic E-state index is -3.25. The van der Waals surface area contributed by atoms with Crippen LogP contribution in [0.5, 0.6) is 0 Å². The second-order valence-corrected chi connectivity index (χ2v) is 10.5. The zero-order chi connectivity index (χ0) is 21.8. The topological polar surface area (TPSA) is 89.5 Å². The number of ether oxygens (including phenoxy) is 1. The summed E-state index contributed by atoms with van der Waals surface area (Å²) in [5, 5.41) is 0. The number of esters is 1. The first-order valence-electron chi connectivity index (χ1n) is 9.69. The van der Waals surface area contributed by atoms with Crippen molar-refractivity contribution in [3.05, 3.63) is 57.5 Å². The number of rotatable bonds is 9. The van der Waals surface area contributed by atoms with Gasteiger partial charge in [-0.15, -0.1) is 11.3 Å². The van der Waals surface area contributed by atoms with Gasteiger partial charge in [-0.25, -0.2) is 17.5 Å². The van der Waals surface area contributed by atoms with Crippen molar-refractivity contribution in [1.82, 2.24) is 4.72 Å². The van der Waals surface area contributed by atoms with Crippen molar-refractivity contribution in [2.45, 2.75) is 37.5 Å². The number of hydrogen-bond donors (Lipinski definition) is 1. The number of hydrogen-bond acceptors (Lipinski definition) is 6. The summed E-state index contributed by atoms with van der Waals surface area (Å²) in [6, 6.07) is 9.41. The standard InChI is InChI=1S/C21H24FNO5S2/c1-30(26,27)23-12-9-17-7-8-19(29-17)18(24)14-28-20(25)21(10-2-3-11-21)15-5-4-6-16(22)13-15/h4-8,13,23H,2-3,9-12,14H2,1H3. The van der Waals surface area contributed by atoms with Crippen LogP contribution in [0, 0.1) is 5.82 Å². The van der Waals surface area contributed by atoms with Crippen LogP contribution in [-0.2, 0) is 31.4 Å². The molecule has 1 N–H and O–H groups in total. The van der Waals surface area contributed by atoms with Gasteiger partial charge in [-0.05, 0) is 49.1 Å². The Hall–Kier alpha value is -2.10. The quantitative estimate of drug-likeness (QED) is 0.465. The number of carbonyl (C=O) groups is 2. The van der Waals surface area contributed by atoms with Crippen LogP contribution in [0.3, 0.4) is 0 Å². The van der Waals surface area contributed by atoms with Gasteiger partial charge in [-0.3, -0.25) is 9.59 Å². The van der Waals surface area contributed by atoms with Crippen LogP contribution in [0.1, 0.15) is 45.8 Å². The Morgan fingerprint density at radius 3 is 2.60 bits per heavy atom. The molecule has 6 nitrogen and oxygen atoms in total. The van der Waals surface area contributed by atoms with Gasteiger partial charge in [0, 0.05) is 11.4 Å². The number of ketones is 1. The number of halogens is 1. The Balaban J connectivity index is 1.60. The predicted molar refractivity (Wildman–Crippen MR) is 113 cm³/mol. The van der Waals surface area contributed by atoms with Gasteiger partial charge < -0.3 is 4.74 Å². The first-order valence-corrected chi connectivity index (χ1v) is 12.4. The lowest BCUT2D eigenvalue weighted by Crippen LogP contribution is -2.35. The van der Waals surface area contributed by atoms with Gasteiger partial charge in [-0.1, -0.05) is 25.0 Å². The van der Waals surface area contributed by atoms with E-state index < -0.39 is 27.2 Å². The highest BCUT2D eigenvalue weighted by atomic mass is 32.2. The third-order valence-corrected chi connectivity index (χ3v) is 7.15. The Kier molecular flexibility index (Phi) is 7.05. The van der Waals surface area contributed by atoms with Gasteiger partial charge >= 0.3 is 5.97 Å². The first kappa shape index (κ1) is 22.6. The SMILES string of the molecule is CS(=O)(=O)NCCc1ccc(C(=O)COC(=O)C2(c3cccc(F)c3)CCCC2)s1. The molecule has 0 aliphatic heterocycles. The molecule has 0 spiro atoms. The third kappa shape index (κ3) is 5.53. The zero-order valence-electron chi connectivity index (χ0n) is 16.6. The van der Waals surface area contributed by atoms with E-state index in [0.29, 0.717) is 29.7 Å². The highest BCUT2D eigenvalue weighted by Gasteiger charge is 2.44. The first-order chi connectivity index (χ1) is 14.2. The molecular formula is C21H24FNO5S2. The molecule has 9 heteroatoms. The summed E-state index contributed by atoms with van der Waals surface area (Å²) in [7, 11) is -3.25. The third-order valence-electron chi connectivity index (χ3n) is 5.23. The fourth-order valence-corrected chi connectivity index (χ4v) is 5.14. The molecule has 1 aromatic heterocycles. The Labute approximate surface area is 179 Å². The summed E-state index contributed by atoms with van der Waals surface area (Å²) in [5.41, 5.74) is -0.311. The molecule has 0 atom stereocenters. The lowest BCUT2D eigenvalue weighted by atomic mass is 9.79. The summed E-state index contributed by atoms with van der Waals surface area (Å²) in [4.78, 5) is 26.7. The Morgan fingerprint density at radius 1 is 1.20 bits per heavy atom. The van der Waals surface area contributed by atoms with Gasteiger partial charge in [0.25, 0.3) is 0 Å². The predicted octanol–water partition coefficient (Wildman–Crippen LogP) is 3.22. The van der Waals surface area contributed by atoms with Gasteiger partial charge in [0.2, 0.25) is 15.8 Å². The molecule has 0 amide bonds. The minimum absolute atomic E-state index is 0.248. The van der Waals surface area contributed by atoms with Gasteiger partial charge in [0.1, 0.15) is 5.82 Å². The van der Waals surface area contributed by atoms with Crippen LogP contribution in [0.15, 0.2) is 36.4 Å². The molecule has 30 heavy (non-hydrogen) atoms. The van der Waals surface area contributed by atoms with Gasteiger partial charge in [0.15, 0.2) is 6.61 Å².